The fourth-order valence-corrected chi connectivity index (χ4v) is 2.42. The minimum Gasteiger partial charge on any atom is -0.308 e. The normalized spacial score (nSPS) is 10.8. The maximum atomic E-state index is 13.7. The summed E-state index contributed by atoms with van der Waals surface area (Å²) in [6, 6.07) is 10.3. The minimum atomic E-state index is -0.307. The molecule has 1 aromatic carbocycles. The summed E-state index contributed by atoms with van der Waals surface area (Å²) < 4.78 is 15.4. The van der Waals surface area contributed by atoms with Crippen molar-refractivity contribution < 1.29 is 4.39 Å². The van der Waals surface area contributed by atoms with Gasteiger partial charge in [-0.1, -0.05) is 23.7 Å². The lowest BCUT2D eigenvalue weighted by Crippen LogP contribution is -2.16. The van der Waals surface area contributed by atoms with Crippen LogP contribution in [0.2, 0.25) is 5.02 Å². The SMILES string of the molecule is Fc1cccc(Cl)c1CNCc1cccnc1-n1cccn1. The summed E-state index contributed by atoms with van der Waals surface area (Å²) in [5.41, 5.74) is 1.44. The van der Waals surface area contributed by atoms with Gasteiger partial charge in [0, 0.05) is 47.8 Å². The maximum absolute atomic E-state index is 13.7. The molecule has 0 amide bonds. The molecule has 2 aromatic heterocycles. The molecule has 3 rings (SSSR count). The zero-order valence-electron chi connectivity index (χ0n) is 11.7. The predicted molar refractivity (Wildman–Crippen MR) is 83.3 cm³/mol. The van der Waals surface area contributed by atoms with Gasteiger partial charge in [0.15, 0.2) is 5.82 Å². The third-order valence-electron chi connectivity index (χ3n) is 3.27. The molecule has 1 N–H and O–H groups in total. The lowest BCUT2D eigenvalue weighted by molar-refractivity contribution is 0.587. The van der Waals surface area contributed by atoms with Crippen LogP contribution in [0.1, 0.15) is 11.1 Å². The zero-order valence-corrected chi connectivity index (χ0v) is 12.5. The molecule has 6 heteroatoms. The highest BCUT2D eigenvalue weighted by atomic mass is 35.5. The molecule has 0 fully saturated rings. The van der Waals surface area contributed by atoms with E-state index in [9.17, 15) is 4.39 Å². The number of nitrogens with zero attached hydrogens (tertiary/aromatic N) is 3. The van der Waals surface area contributed by atoms with E-state index in [1.54, 1.807) is 29.2 Å². The van der Waals surface area contributed by atoms with E-state index < -0.39 is 0 Å². The van der Waals surface area contributed by atoms with Crippen molar-refractivity contribution in [2.24, 2.45) is 0 Å². The van der Waals surface area contributed by atoms with E-state index >= 15 is 0 Å². The molecule has 0 saturated heterocycles. The van der Waals surface area contributed by atoms with Gasteiger partial charge >= 0.3 is 0 Å². The lowest BCUT2D eigenvalue weighted by atomic mass is 10.2. The minimum absolute atomic E-state index is 0.307. The van der Waals surface area contributed by atoms with Crippen LogP contribution in [-0.4, -0.2) is 14.8 Å². The Morgan fingerprint density at radius 3 is 2.77 bits per heavy atom. The van der Waals surface area contributed by atoms with E-state index in [2.05, 4.69) is 15.4 Å². The molecule has 0 unspecified atom stereocenters. The van der Waals surface area contributed by atoms with Gasteiger partial charge in [-0.05, 0) is 24.3 Å². The van der Waals surface area contributed by atoms with Crippen molar-refractivity contribution in [2.45, 2.75) is 13.1 Å². The summed E-state index contributed by atoms with van der Waals surface area (Å²) in [4.78, 5) is 4.34. The Balaban J connectivity index is 1.73. The third kappa shape index (κ3) is 3.16. The van der Waals surface area contributed by atoms with Crippen molar-refractivity contribution in [2.75, 3.05) is 0 Å². The van der Waals surface area contributed by atoms with Gasteiger partial charge < -0.3 is 5.32 Å². The fourth-order valence-electron chi connectivity index (χ4n) is 2.19. The number of hydrogen-bond acceptors (Lipinski definition) is 3. The third-order valence-corrected chi connectivity index (χ3v) is 3.62. The van der Waals surface area contributed by atoms with Crippen molar-refractivity contribution in [1.29, 1.82) is 0 Å². The van der Waals surface area contributed by atoms with Gasteiger partial charge in [-0.25, -0.2) is 14.1 Å². The monoisotopic (exact) mass is 316 g/mol. The predicted octanol–water partition coefficient (Wildman–Crippen LogP) is 3.35. The molecule has 0 radical (unpaired) electrons. The molecule has 0 bridgehead atoms. The van der Waals surface area contributed by atoms with Crippen LogP contribution in [-0.2, 0) is 13.1 Å². The van der Waals surface area contributed by atoms with Gasteiger partial charge in [-0.3, -0.25) is 0 Å². The van der Waals surface area contributed by atoms with E-state index in [1.807, 2.05) is 24.4 Å². The molecule has 3 aromatic rings. The highest BCUT2D eigenvalue weighted by Crippen LogP contribution is 2.19. The van der Waals surface area contributed by atoms with Gasteiger partial charge in [-0.2, -0.15) is 5.10 Å². The van der Waals surface area contributed by atoms with Crippen LogP contribution in [0.4, 0.5) is 4.39 Å². The Kier molecular flexibility index (Phi) is 4.46. The Labute approximate surface area is 132 Å². The molecule has 0 spiro atoms. The zero-order chi connectivity index (χ0) is 15.4. The number of pyridine rings is 1. The summed E-state index contributed by atoms with van der Waals surface area (Å²) in [6.45, 7) is 0.882. The van der Waals surface area contributed by atoms with Crippen molar-refractivity contribution in [3.05, 3.63) is 77.0 Å². The van der Waals surface area contributed by atoms with Crippen molar-refractivity contribution in [1.82, 2.24) is 20.1 Å². The van der Waals surface area contributed by atoms with Gasteiger partial charge in [-0.15, -0.1) is 0 Å². The van der Waals surface area contributed by atoms with Gasteiger partial charge in [0.05, 0.1) is 0 Å². The van der Waals surface area contributed by atoms with Crippen LogP contribution in [0.25, 0.3) is 5.82 Å². The number of nitrogens with one attached hydrogen (secondary N) is 1. The number of halogens is 2. The van der Waals surface area contributed by atoms with E-state index in [1.165, 1.54) is 6.07 Å². The molecular weight excluding hydrogens is 303 g/mol. The van der Waals surface area contributed by atoms with Crippen LogP contribution in [0.3, 0.4) is 0 Å². The summed E-state index contributed by atoms with van der Waals surface area (Å²) in [7, 11) is 0. The first-order chi connectivity index (χ1) is 10.8. The first kappa shape index (κ1) is 14.7. The number of hydrogen-bond donors (Lipinski definition) is 1. The van der Waals surface area contributed by atoms with E-state index in [4.69, 9.17) is 11.6 Å². The van der Waals surface area contributed by atoms with Crippen LogP contribution in [0, 0.1) is 5.82 Å². The highest BCUT2D eigenvalue weighted by Gasteiger charge is 2.08. The van der Waals surface area contributed by atoms with Crippen LogP contribution >= 0.6 is 11.6 Å². The average molecular weight is 317 g/mol. The quantitative estimate of drug-likeness (QED) is 0.785. The molecule has 2 heterocycles. The van der Waals surface area contributed by atoms with Crippen LogP contribution in [0.15, 0.2) is 55.0 Å². The first-order valence-electron chi connectivity index (χ1n) is 6.83. The lowest BCUT2D eigenvalue weighted by Gasteiger charge is -2.11. The van der Waals surface area contributed by atoms with Gasteiger partial charge in [0.2, 0.25) is 0 Å². The van der Waals surface area contributed by atoms with Gasteiger partial charge in [0.1, 0.15) is 5.82 Å². The molecule has 0 aliphatic heterocycles. The summed E-state index contributed by atoms with van der Waals surface area (Å²) in [5, 5.41) is 7.81. The molecule has 0 saturated carbocycles. The Morgan fingerprint density at radius 1 is 1.09 bits per heavy atom. The van der Waals surface area contributed by atoms with E-state index in [0.717, 1.165) is 11.4 Å². The maximum Gasteiger partial charge on any atom is 0.157 e. The van der Waals surface area contributed by atoms with Crippen LogP contribution < -0.4 is 5.32 Å². The van der Waals surface area contributed by atoms with E-state index in [-0.39, 0.29) is 5.82 Å². The molecule has 4 nitrogen and oxygen atoms in total. The molecule has 0 aliphatic rings. The molecular formula is C16H14ClFN4. The fraction of sp³-hybridized carbons (Fsp3) is 0.125. The molecule has 112 valence electrons. The summed E-state index contributed by atoms with van der Waals surface area (Å²) in [6.07, 6.45) is 5.25. The second-order valence-electron chi connectivity index (χ2n) is 4.74. The number of rotatable bonds is 5. The average Bonchev–Trinajstić information content (AvgIpc) is 3.05. The summed E-state index contributed by atoms with van der Waals surface area (Å²) in [5.74, 6) is 0.443. The molecule has 22 heavy (non-hydrogen) atoms. The highest BCUT2D eigenvalue weighted by molar-refractivity contribution is 6.31. The smallest absolute Gasteiger partial charge is 0.157 e. The van der Waals surface area contributed by atoms with Crippen molar-refractivity contribution in [3.63, 3.8) is 0 Å². The van der Waals surface area contributed by atoms with Gasteiger partial charge in [0.25, 0.3) is 0 Å². The topological polar surface area (TPSA) is 42.7 Å². The van der Waals surface area contributed by atoms with Crippen molar-refractivity contribution in [3.8, 4) is 5.82 Å². The van der Waals surface area contributed by atoms with E-state index in [0.29, 0.717) is 23.7 Å². The second-order valence-corrected chi connectivity index (χ2v) is 5.15. The number of aromatic nitrogens is 3. The molecule has 0 atom stereocenters. The standard InChI is InChI=1S/C16H14ClFN4/c17-14-5-1-6-15(18)13(14)11-19-10-12-4-2-7-20-16(12)22-9-3-8-21-22/h1-9,19H,10-11H2. The molecule has 0 aliphatic carbocycles. The van der Waals surface area contributed by atoms with Crippen molar-refractivity contribution >= 4 is 11.6 Å². The second kappa shape index (κ2) is 6.68. The Hall–Kier alpha value is -2.24. The Bertz CT molecular complexity index is 738. The first-order valence-corrected chi connectivity index (χ1v) is 7.21. The van der Waals surface area contributed by atoms with Crippen LogP contribution in [0.5, 0.6) is 0 Å². The number of benzene rings is 1. The Morgan fingerprint density at radius 2 is 2.00 bits per heavy atom. The summed E-state index contributed by atoms with van der Waals surface area (Å²) >= 11 is 6.02. The largest absolute Gasteiger partial charge is 0.308 e.